The van der Waals surface area contributed by atoms with Crippen LogP contribution in [0.4, 0.5) is 8.78 Å². The summed E-state index contributed by atoms with van der Waals surface area (Å²) in [5, 5.41) is 0.162. The number of aromatic nitrogens is 2. The van der Waals surface area contributed by atoms with Crippen LogP contribution in [0, 0.1) is 24.0 Å². The van der Waals surface area contributed by atoms with E-state index in [4.69, 9.17) is 5.73 Å². The molecule has 0 aliphatic heterocycles. The van der Waals surface area contributed by atoms with E-state index in [0.717, 1.165) is 24.8 Å². The molecule has 2 aromatic heterocycles. The van der Waals surface area contributed by atoms with E-state index < -0.39 is 17.5 Å². The largest absolute Gasteiger partial charge is 0.364 e. The molecule has 3 N–H and O–H groups in total. The van der Waals surface area contributed by atoms with Crippen molar-refractivity contribution in [3.63, 3.8) is 0 Å². The fourth-order valence-corrected chi connectivity index (χ4v) is 4.96. The summed E-state index contributed by atoms with van der Waals surface area (Å²) in [6.07, 6.45) is 3.92. The topological polar surface area (TPSA) is 88.8 Å². The summed E-state index contributed by atoms with van der Waals surface area (Å²) >= 11 is 0. The second kappa shape index (κ2) is 7.55. The van der Waals surface area contributed by atoms with Crippen molar-refractivity contribution in [1.29, 1.82) is 0 Å². The van der Waals surface area contributed by atoms with E-state index in [1.54, 1.807) is 19.1 Å². The zero-order chi connectivity index (χ0) is 22.5. The molecule has 31 heavy (non-hydrogen) atoms. The molecule has 0 radical (unpaired) electrons. The van der Waals surface area contributed by atoms with Crippen molar-refractivity contribution in [3.8, 4) is 0 Å². The van der Waals surface area contributed by atoms with Gasteiger partial charge < -0.3 is 10.7 Å². The Kier molecular flexibility index (Phi) is 5.15. The molecule has 4 rings (SSSR count). The summed E-state index contributed by atoms with van der Waals surface area (Å²) < 4.78 is 28.1. The summed E-state index contributed by atoms with van der Waals surface area (Å²) in [6, 6.07) is 5.95. The van der Waals surface area contributed by atoms with Gasteiger partial charge in [-0.25, -0.2) is 8.78 Å². The first-order valence-corrected chi connectivity index (χ1v) is 10.4. The highest BCUT2D eigenvalue weighted by Gasteiger charge is 2.38. The number of fused-ring (bicyclic) bond motifs is 1. The van der Waals surface area contributed by atoms with E-state index in [1.807, 2.05) is 0 Å². The third-order valence-corrected chi connectivity index (χ3v) is 6.57. The summed E-state index contributed by atoms with van der Waals surface area (Å²) in [4.78, 5) is 31.9. The van der Waals surface area contributed by atoms with E-state index in [0.29, 0.717) is 16.8 Å². The highest BCUT2D eigenvalue weighted by Crippen LogP contribution is 2.51. The number of nitrogens with two attached hydrogens (primary N) is 1. The molecule has 1 aromatic carbocycles. The number of H-pyrrole nitrogens is 1. The number of nitrogens with one attached hydrogen (secondary N) is 1. The Morgan fingerprint density at radius 3 is 2.68 bits per heavy atom. The average Bonchev–Trinajstić information content (AvgIpc) is 2.71. The Labute approximate surface area is 178 Å². The van der Waals surface area contributed by atoms with Gasteiger partial charge in [-0.05, 0) is 60.8 Å². The minimum atomic E-state index is -0.863. The molecule has 1 aliphatic rings. The highest BCUT2D eigenvalue weighted by atomic mass is 19.2. The number of carbonyl (C=O) groups is 1. The van der Waals surface area contributed by atoms with Gasteiger partial charge in [0.05, 0.1) is 10.9 Å². The van der Waals surface area contributed by atoms with Gasteiger partial charge in [0, 0.05) is 23.9 Å². The molecular weight excluding hydrogens is 400 g/mol. The van der Waals surface area contributed by atoms with Gasteiger partial charge in [-0.1, -0.05) is 19.9 Å². The first kappa shape index (κ1) is 21.2. The molecule has 0 saturated heterocycles. The lowest BCUT2D eigenvalue weighted by Crippen LogP contribution is -2.29. The Bertz CT molecular complexity index is 1250. The molecule has 1 aliphatic carbocycles. The fraction of sp³-hybridized carbons (Fsp3) is 0.375. The number of benzene rings is 1. The Hall–Kier alpha value is -3.09. The second-order valence-electron chi connectivity index (χ2n) is 9.23. The van der Waals surface area contributed by atoms with Crippen LogP contribution in [0.2, 0.25) is 0 Å². The third kappa shape index (κ3) is 3.73. The molecule has 1 amide bonds. The minimum absolute atomic E-state index is 0.0265. The molecule has 2 atom stereocenters. The van der Waals surface area contributed by atoms with E-state index in [-0.39, 0.29) is 33.8 Å². The maximum atomic E-state index is 14.4. The SMILES string of the molecule is Cc1c([C@@H]2CC(C)(C)CCC2c2cc(=O)c3c(C(N)=O)nccc3[nH]2)ccc(F)c1F. The highest BCUT2D eigenvalue weighted by molar-refractivity contribution is 6.03. The molecule has 162 valence electrons. The molecule has 3 aromatic rings. The van der Waals surface area contributed by atoms with Crippen LogP contribution in [0.3, 0.4) is 0 Å². The zero-order valence-electron chi connectivity index (χ0n) is 17.8. The molecule has 0 spiro atoms. The minimum Gasteiger partial charge on any atom is -0.364 e. The first-order chi connectivity index (χ1) is 14.6. The maximum absolute atomic E-state index is 14.4. The summed E-state index contributed by atoms with van der Waals surface area (Å²) in [6.45, 7) is 5.93. The lowest BCUT2D eigenvalue weighted by Gasteiger charge is -2.41. The van der Waals surface area contributed by atoms with Gasteiger partial charge in [-0.15, -0.1) is 0 Å². The number of carbonyl (C=O) groups excluding carboxylic acids is 1. The van der Waals surface area contributed by atoms with Crippen LogP contribution in [-0.4, -0.2) is 15.9 Å². The Morgan fingerprint density at radius 2 is 1.97 bits per heavy atom. The lowest BCUT2D eigenvalue weighted by atomic mass is 9.63. The van der Waals surface area contributed by atoms with Gasteiger partial charge in [-0.3, -0.25) is 14.6 Å². The monoisotopic (exact) mass is 425 g/mol. The molecule has 5 nitrogen and oxygen atoms in total. The lowest BCUT2D eigenvalue weighted by molar-refractivity contribution is 0.0997. The van der Waals surface area contributed by atoms with Gasteiger partial charge in [0.15, 0.2) is 17.1 Å². The van der Waals surface area contributed by atoms with Crippen LogP contribution in [0.1, 0.15) is 72.3 Å². The van der Waals surface area contributed by atoms with Gasteiger partial charge in [0.1, 0.15) is 5.69 Å². The van der Waals surface area contributed by atoms with Crippen LogP contribution in [-0.2, 0) is 0 Å². The summed E-state index contributed by atoms with van der Waals surface area (Å²) in [7, 11) is 0. The standard InChI is InChI=1S/C24H25F2N3O2/c1-12-13(4-5-16(25)21(12)26)15-11-24(2,3)8-6-14(15)18-10-19(30)20-17(29-18)7-9-28-22(20)23(27)31/h4-5,7,9-10,14-15H,6,8,11H2,1-3H3,(H2,27,31)(H,29,30)/t14?,15-/m0/s1. The second-order valence-corrected chi connectivity index (χ2v) is 9.23. The Morgan fingerprint density at radius 1 is 1.23 bits per heavy atom. The first-order valence-electron chi connectivity index (χ1n) is 10.4. The summed E-state index contributed by atoms with van der Waals surface area (Å²) in [5.74, 6) is -2.64. The number of hydrogen-bond donors (Lipinski definition) is 2. The van der Waals surface area contributed by atoms with Crippen LogP contribution in [0.15, 0.2) is 35.3 Å². The quantitative estimate of drug-likeness (QED) is 0.638. The van der Waals surface area contributed by atoms with Crippen LogP contribution in [0.25, 0.3) is 10.9 Å². The zero-order valence-corrected chi connectivity index (χ0v) is 17.8. The van der Waals surface area contributed by atoms with E-state index in [2.05, 4.69) is 23.8 Å². The third-order valence-electron chi connectivity index (χ3n) is 6.57. The number of amides is 1. The molecule has 0 bridgehead atoms. The number of rotatable bonds is 3. The number of halogens is 2. The Balaban J connectivity index is 1.87. The smallest absolute Gasteiger partial charge is 0.268 e. The molecular formula is C24H25F2N3O2. The number of primary amides is 1. The van der Waals surface area contributed by atoms with Crippen LogP contribution in [0.5, 0.6) is 0 Å². The molecule has 1 fully saturated rings. The molecule has 2 heterocycles. The van der Waals surface area contributed by atoms with Crippen molar-refractivity contribution in [3.05, 3.63) is 74.8 Å². The summed E-state index contributed by atoms with van der Waals surface area (Å²) in [5.41, 5.74) is 7.25. The predicted octanol–water partition coefficient (Wildman–Crippen LogP) is 4.69. The fourth-order valence-electron chi connectivity index (χ4n) is 4.96. The van der Waals surface area contributed by atoms with Crippen molar-refractivity contribution in [2.75, 3.05) is 0 Å². The van der Waals surface area contributed by atoms with Gasteiger partial charge in [-0.2, -0.15) is 0 Å². The normalized spacial score (nSPS) is 20.7. The molecule has 1 saturated carbocycles. The van der Waals surface area contributed by atoms with Gasteiger partial charge in [0.2, 0.25) is 0 Å². The van der Waals surface area contributed by atoms with Gasteiger partial charge >= 0.3 is 0 Å². The molecule has 1 unspecified atom stereocenters. The van der Waals surface area contributed by atoms with Crippen molar-refractivity contribution < 1.29 is 13.6 Å². The van der Waals surface area contributed by atoms with E-state index in [9.17, 15) is 18.4 Å². The van der Waals surface area contributed by atoms with E-state index in [1.165, 1.54) is 18.3 Å². The predicted molar refractivity (Wildman–Crippen MR) is 115 cm³/mol. The van der Waals surface area contributed by atoms with Crippen molar-refractivity contribution in [2.24, 2.45) is 11.1 Å². The maximum Gasteiger partial charge on any atom is 0.268 e. The number of hydrogen-bond acceptors (Lipinski definition) is 3. The average molecular weight is 425 g/mol. The van der Waals surface area contributed by atoms with Crippen molar-refractivity contribution >= 4 is 16.8 Å². The van der Waals surface area contributed by atoms with Crippen molar-refractivity contribution in [1.82, 2.24) is 9.97 Å². The molecule has 7 heteroatoms. The van der Waals surface area contributed by atoms with Crippen molar-refractivity contribution in [2.45, 2.75) is 51.9 Å². The number of nitrogens with zero attached hydrogens (tertiary/aromatic N) is 1. The number of pyridine rings is 2. The van der Waals surface area contributed by atoms with Crippen LogP contribution >= 0.6 is 0 Å². The van der Waals surface area contributed by atoms with E-state index >= 15 is 0 Å². The number of aromatic amines is 1. The van der Waals surface area contributed by atoms with Crippen LogP contribution < -0.4 is 11.2 Å². The van der Waals surface area contributed by atoms with Gasteiger partial charge in [0.25, 0.3) is 5.91 Å².